The van der Waals surface area contributed by atoms with Crippen molar-refractivity contribution in [3.05, 3.63) is 76.0 Å². The van der Waals surface area contributed by atoms with Crippen molar-refractivity contribution in [3.8, 4) is 11.8 Å². The van der Waals surface area contributed by atoms with Gasteiger partial charge < -0.3 is 5.32 Å². The number of rotatable bonds is 4. The Bertz CT molecular complexity index is 924. The molecule has 0 fully saturated rings. The molecule has 0 saturated heterocycles. The number of benzene rings is 2. The van der Waals surface area contributed by atoms with Crippen LogP contribution < -0.4 is 5.32 Å². The Labute approximate surface area is 137 Å². The van der Waals surface area contributed by atoms with Gasteiger partial charge in [-0.1, -0.05) is 18.2 Å². The van der Waals surface area contributed by atoms with Crippen molar-refractivity contribution < 1.29 is 4.92 Å². The Balaban J connectivity index is 2.08. The van der Waals surface area contributed by atoms with Crippen LogP contribution in [-0.2, 0) is 0 Å². The first-order chi connectivity index (χ1) is 11.6. The summed E-state index contributed by atoms with van der Waals surface area (Å²) in [6.45, 7) is 1.75. The van der Waals surface area contributed by atoms with Gasteiger partial charge in [0.05, 0.1) is 16.3 Å². The van der Waals surface area contributed by atoms with E-state index in [-0.39, 0.29) is 5.69 Å². The first kappa shape index (κ1) is 15.2. The van der Waals surface area contributed by atoms with E-state index in [0.717, 1.165) is 5.69 Å². The Morgan fingerprint density at radius 1 is 1.17 bits per heavy atom. The number of non-ortho nitro benzene ring substituents is 1. The van der Waals surface area contributed by atoms with Crippen LogP contribution in [0, 0.1) is 28.4 Å². The van der Waals surface area contributed by atoms with E-state index in [1.54, 1.807) is 23.7 Å². The molecule has 0 aliphatic rings. The first-order valence-corrected chi connectivity index (χ1v) is 7.17. The average molecular weight is 319 g/mol. The molecule has 2 aromatic carbocycles. The van der Waals surface area contributed by atoms with Gasteiger partial charge in [0.15, 0.2) is 5.82 Å². The summed E-state index contributed by atoms with van der Waals surface area (Å²) in [4.78, 5) is 10.3. The second kappa shape index (κ2) is 6.22. The van der Waals surface area contributed by atoms with Crippen LogP contribution in [0.15, 0.2) is 54.6 Å². The Morgan fingerprint density at radius 3 is 2.42 bits per heavy atom. The molecule has 0 amide bonds. The van der Waals surface area contributed by atoms with Crippen LogP contribution in [0.2, 0.25) is 0 Å². The second-order valence-electron chi connectivity index (χ2n) is 5.10. The van der Waals surface area contributed by atoms with E-state index < -0.39 is 4.92 Å². The maximum Gasteiger partial charge on any atom is 0.269 e. The molecule has 0 atom stereocenters. The zero-order chi connectivity index (χ0) is 17.1. The van der Waals surface area contributed by atoms with Gasteiger partial charge in [-0.3, -0.25) is 10.1 Å². The molecule has 7 nitrogen and oxygen atoms in total. The number of nitro groups is 1. The maximum atomic E-state index is 10.8. The number of nitrogens with zero attached hydrogens (tertiary/aromatic N) is 4. The lowest BCUT2D eigenvalue weighted by Crippen LogP contribution is -2.03. The van der Waals surface area contributed by atoms with Gasteiger partial charge in [0.1, 0.15) is 11.6 Å². The zero-order valence-corrected chi connectivity index (χ0v) is 12.8. The third kappa shape index (κ3) is 2.80. The van der Waals surface area contributed by atoms with Crippen LogP contribution in [0.3, 0.4) is 0 Å². The molecule has 24 heavy (non-hydrogen) atoms. The van der Waals surface area contributed by atoms with E-state index >= 15 is 0 Å². The molecule has 1 heterocycles. The molecular weight excluding hydrogens is 306 g/mol. The van der Waals surface area contributed by atoms with Gasteiger partial charge in [0.25, 0.3) is 5.69 Å². The second-order valence-corrected chi connectivity index (χ2v) is 5.10. The van der Waals surface area contributed by atoms with Crippen LogP contribution in [-0.4, -0.2) is 14.7 Å². The molecule has 0 aliphatic heterocycles. The summed E-state index contributed by atoms with van der Waals surface area (Å²) in [5, 5.41) is 27.8. The summed E-state index contributed by atoms with van der Waals surface area (Å²) < 4.78 is 1.57. The van der Waals surface area contributed by atoms with Crippen molar-refractivity contribution in [2.45, 2.75) is 6.92 Å². The molecule has 7 heteroatoms. The molecule has 1 N–H and O–H groups in total. The highest BCUT2D eigenvalue weighted by Gasteiger charge is 2.17. The summed E-state index contributed by atoms with van der Waals surface area (Å²) in [7, 11) is 0. The zero-order valence-electron chi connectivity index (χ0n) is 12.8. The normalized spacial score (nSPS) is 10.2. The number of para-hydroxylation sites is 1. The fourth-order valence-electron chi connectivity index (χ4n) is 2.34. The van der Waals surface area contributed by atoms with Crippen molar-refractivity contribution in [1.29, 1.82) is 5.26 Å². The van der Waals surface area contributed by atoms with Gasteiger partial charge >= 0.3 is 0 Å². The number of aromatic nitrogens is 2. The molecule has 3 aromatic rings. The monoisotopic (exact) mass is 319 g/mol. The molecule has 118 valence electrons. The molecule has 0 unspecified atom stereocenters. The smallest absolute Gasteiger partial charge is 0.269 e. The number of hydrogen-bond donors (Lipinski definition) is 1. The van der Waals surface area contributed by atoms with Crippen LogP contribution in [0.25, 0.3) is 5.69 Å². The Kier molecular flexibility index (Phi) is 3.95. The lowest BCUT2D eigenvalue weighted by molar-refractivity contribution is -0.384. The third-order valence-corrected chi connectivity index (χ3v) is 3.51. The number of anilines is 2. The minimum atomic E-state index is -0.456. The van der Waals surface area contributed by atoms with Gasteiger partial charge in [0.2, 0.25) is 0 Å². The van der Waals surface area contributed by atoms with Crippen molar-refractivity contribution in [2.24, 2.45) is 0 Å². The highest BCUT2D eigenvalue weighted by Crippen LogP contribution is 2.27. The van der Waals surface area contributed by atoms with Crippen molar-refractivity contribution >= 4 is 17.2 Å². The van der Waals surface area contributed by atoms with Crippen LogP contribution in [0.5, 0.6) is 0 Å². The largest absolute Gasteiger partial charge is 0.339 e. The van der Waals surface area contributed by atoms with Crippen molar-refractivity contribution in [1.82, 2.24) is 9.78 Å². The fourth-order valence-corrected chi connectivity index (χ4v) is 2.34. The summed E-state index contributed by atoms with van der Waals surface area (Å²) in [5.74, 6) is 0.523. The van der Waals surface area contributed by atoms with Gasteiger partial charge in [-0.05, 0) is 31.2 Å². The fraction of sp³-hybridized carbons (Fsp3) is 0.0588. The number of aryl methyl sites for hydroxylation is 1. The molecule has 0 spiro atoms. The maximum absolute atomic E-state index is 10.8. The van der Waals surface area contributed by atoms with Crippen LogP contribution >= 0.6 is 0 Å². The Morgan fingerprint density at radius 2 is 1.83 bits per heavy atom. The summed E-state index contributed by atoms with van der Waals surface area (Å²) in [6, 6.07) is 17.6. The van der Waals surface area contributed by atoms with E-state index in [4.69, 9.17) is 0 Å². The summed E-state index contributed by atoms with van der Waals surface area (Å²) in [6.07, 6.45) is 0. The quantitative estimate of drug-likeness (QED) is 0.584. The predicted octanol–water partition coefficient (Wildman–Crippen LogP) is 3.70. The highest BCUT2D eigenvalue weighted by molar-refractivity contribution is 5.66. The summed E-state index contributed by atoms with van der Waals surface area (Å²) in [5.41, 5.74) is 2.45. The SMILES string of the molecule is Cc1nn(-c2ccc([N+](=O)[O-])cc2)c(Nc2ccccc2)c1C#N. The minimum absolute atomic E-state index is 0.000651. The van der Waals surface area contributed by atoms with E-state index in [1.807, 2.05) is 30.3 Å². The average Bonchev–Trinajstić information content (AvgIpc) is 2.91. The van der Waals surface area contributed by atoms with Crippen molar-refractivity contribution in [2.75, 3.05) is 5.32 Å². The summed E-state index contributed by atoms with van der Waals surface area (Å²) >= 11 is 0. The molecular formula is C17H13N5O2. The van der Waals surface area contributed by atoms with Crippen molar-refractivity contribution in [3.63, 3.8) is 0 Å². The van der Waals surface area contributed by atoms with E-state index in [2.05, 4.69) is 16.5 Å². The molecule has 3 rings (SSSR count). The van der Waals surface area contributed by atoms with Gasteiger partial charge in [-0.15, -0.1) is 0 Å². The minimum Gasteiger partial charge on any atom is -0.339 e. The van der Waals surface area contributed by atoms with Gasteiger partial charge in [-0.25, -0.2) is 4.68 Å². The predicted molar refractivity (Wildman–Crippen MR) is 89.4 cm³/mol. The molecule has 0 saturated carbocycles. The lowest BCUT2D eigenvalue weighted by Gasteiger charge is -2.10. The number of nitrogens with one attached hydrogen (secondary N) is 1. The number of hydrogen-bond acceptors (Lipinski definition) is 5. The standard InChI is InChI=1S/C17H13N5O2/c1-12-16(11-18)17(19-13-5-3-2-4-6-13)21(20-12)14-7-9-15(10-8-14)22(23)24/h2-10,19H,1H3. The molecule has 0 bridgehead atoms. The van der Waals surface area contributed by atoms with E-state index in [9.17, 15) is 15.4 Å². The molecule has 0 aliphatic carbocycles. The van der Waals surface area contributed by atoms with Crippen LogP contribution in [0.4, 0.5) is 17.2 Å². The first-order valence-electron chi connectivity index (χ1n) is 7.17. The topological polar surface area (TPSA) is 96.8 Å². The van der Waals surface area contributed by atoms with Gasteiger partial charge in [-0.2, -0.15) is 10.4 Å². The van der Waals surface area contributed by atoms with E-state index in [0.29, 0.717) is 22.8 Å². The number of nitriles is 1. The Hall–Kier alpha value is -3.66. The molecule has 1 aromatic heterocycles. The van der Waals surface area contributed by atoms with E-state index in [1.165, 1.54) is 12.1 Å². The highest BCUT2D eigenvalue weighted by atomic mass is 16.6. The van der Waals surface area contributed by atoms with Gasteiger partial charge in [0, 0.05) is 17.8 Å². The number of nitro benzene ring substituents is 1. The molecule has 0 radical (unpaired) electrons. The lowest BCUT2D eigenvalue weighted by atomic mass is 10.2. The third-order valence-electron chi connectivity index (χ3n) is 3.51. The van der Waals surface area contributed by atoms with Crippen LogP contribution in [0.1, 0.15) is 11.3 Å².